The van der Waals surface area contributed by atoms with E-state index in [1.54, 1.807) is 6.20 Å². The van der Waals surface area contributed by atoms with Crippen LogP contribution in [-0.2, 0) is 6.54 Å². The second-order valence-corrected chi connectivity index (χ2v) is 6.91. The highest BCUT2D eigenvalue weighted by Crippen LogP contribution is 2.24. The fraction of sp³-hybridized carbons (Fsp3) is 0.333. The number of unbranched alkanes of at least 4 members (excludes halogenated alkanes) is 1. The Kier molecular flexibility index (Phi) is 5.14. The Morgan fingerprint density at radius 2 is 1.96 bits per heavy atom. The van der Waals surface area contributed by atoms with E-state index in [1.807, 2.05) is 13.3 Å². The summed E-state index contributed by atoms with van der Waals surface area (Å²) < 4.78 is 28.6. The van der Waals surface area contributed by atoms with E-state index >= 15 is 0 Å². The van der Waals surface area contributed by atoms with E-state index in [2.05, 4.69) is 21.5 Å². The molecule has 0 aliphatic heterocycles. The summed E-state index contributed by atoms with van der Waals surface area (Å²) in [6, 6.07) is 3.72. The maximum absolute atomic E-state index is 13.6. The number of thioether (sulfide) groups is 1. The first-order valence-electron chi connectivity index (χ1n) is 7.91. The molecule has 6 heteroatoms. The second-order valence-electron chi connectivity index (χ2n) is 5.77. The van der Waals surface area contributed by atoms with Crippen LogP contribution in [0.5, 0.6) is 0 Å². The number of rotatable bonds is 6. The molecule has 3 rings (SSSR count). The standard InChI is InChI=1S/C18H19F2N3S/c1-12-13(2)21-10-16-18(12)23(11-22-16)7-3-4-8-24-17-6-5-14(19)9-15(17)20/h5-6,9-11H,3-4,7-8H2,1-2H3. The van der Waals surface area contributed by atoms with Crippen molar-refractivity contribution in [1.82, 2.24) is 14.5 Å². The first-order chi connectivity index (χ1) is 11.6. The largest absolute Gasteiger partial charge is 0.330 e. The molecular weight excluding hydrogens is 328 g/mol. The molecule has 0 fully saturated rings. The minimum atomic E-state index is -0.538. The average Bonchev–Trinajstić information content (AvgIpc) is 2.96. The maximum Gasteiger partial charge on any atom is 0.139 e. The summed E-state index contributed by atoms with van der Waals surface area (Å²) in [6.45, 7) is 4.93. The third-order valence-electron chi connectivity index (χ3n) is 4.09. The van der Waals surface area contributed by atoms with E-state index in [4.69, 9.17) is 0 Å². The highest BCUT2D eigenvalue weighted by atomic mass is 32.2. The van der Waals surface area contributed by atoms with Crippen LogP contribution in [0, 0.1) is 25.5 Å². The molecule has 3 aromatic rings. The third kappa shape index (κ3) is 3.59. The van der Waals surface area contributed by atoms with Crippen molar-refractivity contribution >= 4 is 22.8 Å². The van der Waals surface area contributed by atoms with Crippen molar-refractivity contribution in [1.29, 1.82) is 0 Å². The van der Waals surface area contributed by atoms with Gasteiger partial charge in [-0.3, -0.25) is 4.98 Å². The summed E-state index contributed by atoms with van der Waals surface area (Å²) in [7, 11) is 0. The first-order valence-corrected chi connectivity index (χ1v) is 8.89. The number of fused-ring (bicyclic) bond motifs is 1. The molecule has 0 aliphatic rings. The molecule has 0 amide bonds. The van der Waals surface area contributed by atoms with E-state index in [1.165, 1.54) is 23.9 Å². The zero-order valence-electron chi connectivity index (χ0n) is 13.7. The van der Waals surface area contributed by atoms with Crippen LogP contribution in [0.1, 0.15) is 24.1 Å². The van der Waals surface area contributed by atoms with Crippen LogP contribution >= 0.6 is 11.8 Å². The van der Waals surface area contributed by atoms with Gasteiger partial charge in [0.2, 0.25) is 0 Å². The predicted molar refractivity (Wildman–Crippen MR) is 93.3 cm³/mol. The number of pyridine rings is 1. The van der Waals surface area contributed by atoms with Gasteiger partial charge >= 0.3 is 0 Å². The Balaban J connectivity index is 1.55. The Morgan fingerprint density at radius 1 is 1.12 bits per heavy atom. The molecule has 0 saturated carbocycles. The molecule has 0 aliphatic carbocycles. The Labute approximate surface area is 144 Å². The van der Waals surface area contributed by atoms with Crippen LogP contribution in [0.3, 0.4) is 0 Å². The molecule has 24 heavy (non-hydrogen) atoms. The zero-order valence-corrected chi connectivity index (χ0v) is 14.5. The minimum absolute atomic E-state index is 0.487. The van der Waals surface area contributed by atoms with Gasteiger partial charge in [-0.2, -0.15) is 0 Å². The summed E-state index contributed by atoms with van der Waals surface area (Å²) >= 11 is 1.43. The fourth-order valence-electron chi connectivity index (χ4n) is 2.65. The van der Waals surface area contributed by atoms with Gasteiger partial charge in [-0.25, -0.2) is 13.8 Å². The van der Waals surface area contributed by atoms with Crippen molar-refractivity contribution in [2.24, 2.45) is 0 Å². The van der Waals surface area contributed by atoms with Gasteiger partial charge in [-0.05, 0) is 50.1 Å². The van der Waals surface area contributed by atoms with Crippen molar-refractivity contribution < 1.29 is 8.78 Å². The van der Waals surface area contributed by atoms with Gasteiger partial charge in [0.25, 0.3) is 0 Å². The van der Waals surface area contributed by atoms with E-state index in [9.17, 15) is 8.78 Å². The van der Waals surface area contributed by atoms with Crippen LogP contribution in [0.25, 0.3) is 11.0 Å². The topological polar surface area (TPSA) is 30.7 Å². The van der Waals surface area contributed by atoms with Gasteiger partial charge in [0, 0.05) is 23.2 Å². The summed E-state index contributed by atoms with van der Waals surface area (Å²) in [5.41, 5.74) is 4.24. The van der Waals surface area contributed by atoms with E-state index in [-0.39, 0.29) is 0 Å². The Hall–Kier alpha value is -1.95. The normalized spacial score (nSPS) is 11.3. The van der Waals surface area contributed by atoms with Gasteiger partial charge in [0.05, 0.1) is 18.0 Å². The summed E-state index contributed by atoms with van der Waals surface area (Å²) in [5.74, 6) is -0.224. The van der Waals surface area contributed by atoms with Crippen molar-refractivity contribution in [3.05, 3.63) is 53.6 Å². The summed E-state index contributed by atoms with van der Waals surface area (Å²) in [4.78, 5) is 9.24. The van der Waals surface area contributed by atoms with Crippen molar-refractivity contribution in [3.8, 4) is 0 Å². The molecule has 0 unspecified atom stereocenters. The van der Waals surface area contributed by atoms with Crippen LogP contribution in [0.2, 0.25) is 0 Å². The second kappa shape index (κ2) is 7.30. The molecule has 126 valence electrons. The van der Waals surface area contributed by atoms with E-state index in [0.29, 0.717) is 4.90 Å². The van der Waals surface area contributed by atoms with Gasteiger partial charge in [0.15, 0.2) is 0 Å². The molecule has 0 saturated heterocycles. The summed E-state index contributed by atoms with van der Waals surface area (Å²) in [5, 5.41) is 0. The number of hydrogen-bond donors (Lipinski definition) is 0. The molecule has 0 spiro atoms. The first kappa shape index (κ1) is 16.9. The van der Waals surface area contributed by atoms with Gasteiger partial charge < -0.3 is 4.57 Å². The number of aryl methyl sites for hydroxylation is 3. The van der Waals surface area contributed by atoms with Crippen LogP contribution in [0.4, 0.5) is 8.78 Å². The van der Waals surface area contributed by atoms with Crippen LogP contribution < -0.4 is 0 Å². The monoisotopic (exact) mass is 347 g/mol. The molecule has 2 heterocycles. The van der Waals surface area contributed by atoms with Crippen molar-refractivity contribution in [2.45, 2.75) is 38.1 Å². The lowest BCUT2D eigenvalue weighted by atomic mass is 10.2. The molecule has 0 radical (unpaired) electrons. The average molecular weight is 347 g/mol. The lowest BCUT2D eigenvalue weighted by Gasteiger charge is -2.08. The van der Waals surface area contributed by atoms with Crippen LogP contribution in [0.15, 0.2) is 35.6 Å². The van der Waals surface area contributed by atoms with Gasteiger partial charge in [-0.15, -0.1) is 11.8 Å². The Morgan fingerprint density at radius 3 is 2.75 bits per heavy atom. The van der Waals surface area contributed by atoms with Gasteiger partial charge in [0.1, 0.15) is 17.2 Å². The van der Waals surface area contributed by atoms with Crippen molar-refractivity contribution in [3.63, 3.8) is 0 Å². The molecule has 3 nitrogen and oxygen atoms in total. The lowest BCUT2D eigenvalue weighted by Crippen LogP contribution is -2.00. The molecule has 0 atom stereocenters. The quantitative estimate of drug-likeness (QED) is 0.469. The number of hydrogen-bond acceptors (Lipinski definition) is 3. The smallest absolute Gasteiger partial charge is 0.139 e. The zero-order chi connectivity index (χ0) is 17.1. The number of benzene rings is 1. The molecule has 1 aromatic carbocycles. The Bertz CT molecular complexity index is 861. The molecular formula is C18H19F2N3S. The molecule has 0 bridgehead atoms. The number of nitrogens with zero attached hydrogens (tertiary/aromatic N) is 3. The summed E-state index contributed by atoms with van der Waals surface area (Å²) in [6.07, 6.45) is 5.58. The highest BCUT2D eigenvalue weighted by molar-refractivity contribution is 7.99. The van der Waals surface area contributed by atoms with Gasteiger partial charge in [-0.1, -0.05) is 0 Å². The van der Waals surface area contributed by atoms with Crippen molar-refractivity contribution in [2.75, 3.05) is 5.75 Å². The third-order valence-corrected chi connectivity index (χ3v) is 5.22. The van der Waals surface area contributed by atoms with E-state index in [0.717, 1.165) is 53.5 Å². The lowest BCUT2D eigenvalue weighted by molar-refractivity contribution is 0.565. The number of halogens is 2. The maximum atomic E-state index is 13.6. The predicted octanol–water partition coefficient (Wildman–Crippen LogP) is 4.90. The SMILES string of the molecule is Cc1ncc2ncn(CCCCSc3ccc(F)cc3F)c2c1C. The number of aromatic nitrogens is 3. The molecule has 2 aromatic heterocycles. The highest BCUT2D eigenvalue weighted by Gasteiger charge is 2.08. The fourth-order valence-corrected chi connectivity index (χ4v) is 3.58. The van der Waals surface area contributed by atoms with Crippen LogP contribution in [-0.4, -0.2) is 20.3 Å². The molecule has 0 N–H and O–H groups in total. The van der Waals surface area contributed by atoms with E-state index < -0.39 is 11.6 Å². The number of imidazole rings is 1. The minimum Gasteiger partial charge on any atom is -0.330 e.